The van der Waals surface area contributed by atoms with Gasteiger partial charge in [-0.2, -0.15) is 0 Å². The molecule has 1 aliphatic carbocycles. The number of aromatic nitrogens is 2. The first kappa shape index (κ1) is 18.9. The van der Waals surface area contributed by atoms with Crippen LogP contribution in [0.15, 0.2) is 67.3 Å². The maximum absolute atomic E-state index is 12.8. The summed E-state index contributed by atoms with van der Waals surface area (Å²) in [5.74, 6) is 0.0635. The SMILES string of the molecule is O=C(OCC1c2ccccc2-c2ccccc21)N1CCC(CO)(n2ccnc2)CC1. The molecule has 6 nitrogen and oxygen atoms in total. The second kappa shape index (κ2) is 7.61. The first-order valence-corrected chi connectivity index (χ1v) is 10.4. The monoisotopic (exact) mass is 403 g/mol. The predicted molar refractivity (Wildman–Crippen MR) is 113 cm³/mol. The Bertz CT molecular complexity index is 994. The highest BCUT2D eigenvalue weighted by Gasteiger charge is 2.37. The van der Waals surface area contributed by atoms with Crippen LogP contribution < -0.4 is 0 Å². The summed E-state index contributed by atoms with van der Waals surface area (Å²) >= 11 is 0. The zero-order valence-corrected chi connectivity index (χ0v) is 16.8. The Kier molecular flexibility index (Phi) is 4.79. The van der Waals surface area contributed by atoms with E-state index in [0.29, 0.717) is 32.5 Å². The predicted octanol–water partition coefficient (Wildman–Crippen LogP) is 3.62. The van der Waals surface area contributed by atoms with E-state index >= 15 is 0 Å². The van der Waals surface area contributed by atoms with E-state index in [4.69, 9.17) is 4.74 Å². The van der Waals surface area contributed by atoms with Crippen molar-refractivity contribution in [2.45, 2.75) is 24.3 Å². The highest BCUT2D eigenvalue weighted by Crippen LogP contribution is 2.44. The molecule has 0 atom stereocenters. The number of hydrogen-bond acceptors (Lipinski definition) is 4. The van der Waals surface area contributed by atoms with Crippen molar-refractivity contribution in [1.82, 2.24) is 14.5 Å². The first-order valence-electron chi connectivity index (χ1n) is 10.4. The van der Waals surface area contributed by atoms with Crippen LogP contribution in [0.25, 0.3) is 11.1 Å². The van der Waals surface area contributed by atoms with Crippen LogP contribution in [0.2, 0.25) is 0 Å². The van der Waals surface area contributed by atoms with Crippen LogP contribution in [0.4, 0.5) is 4.79 Å². The van der Waals surface area contributed by atoms with Gasteiger partial charge in [-0.3, -0.25) is 0 Å². The lowest BCUT2D eigenvalue weighted by molar-refractivity contribution is 0.0394. The Labute approximate surface area is 175 Å². The lowest BCUT2D eigenvalue weighted by Gasteiger charge is -2.41. The third kappa shape index (κ3) is 3.08. The fourth-order valence-electron chi connectivity index (χ4n) is 4.83. The van der Waals surface area contributed by atoms with Gasteiger partial charge in [0, 0.05) is 31.4 Å². The summed E-state index contributed by atoms with van der Waals surface area (Å²) in [5, 5.41) is 9.99. The van der Waals surface area contributed by atoms with Crippen LogP contribution in [0.1, 0.15) is 29.9 Å². The van der Waals surface area contributed by atoms with E-state index in [9.17, 15) is 9.90 Å². The maximum atomic E-state index is 12.8. The molecule has 1 aliphatic heterocycles. The van der Waals surface area contributed by atoms with Gasteiger partial charge in [-0.1, -0.05) is 48.5 Å². The second-order valence-electron chi connectivity index (χ2n) is 8.14. The quantitative estimate of drug-likeness (QED) is 0.723. The van der Waals surface area contributed by atoms with Gasteiger partial charge >= 0.3 is 6.09 Å². The molecule has 2 aliphatic rings. The van der Waals surface area contributed by atoms with E-state index in [-0.39, 0.29) is 18.6 Å². The molecule has 1 saturated heterocycles. The van der Waals surface area contributed by atoms with Gasteiger partial charge in [0.05, 0.1) is 18.5 Å². The molecule has 0 saturated carbocycles. The van der Waals surface area contributed by atoms with Gasteiger partial charge in [0.2, 0.25) is 0 Å². The minimum atomic E-state index is -0.392. The topological polar surface area (TPSA) is 67.6 Å². The van der Waals surface area contributed by atoms with Gasteiger partial charge in [-0.15, -0.1) is 0 Å². The normalized spacial score (nSPS) is 17.4. The van der Waals surface area contributed by atoms with E-state index in [2.05, 4.69) is 29.2 Å². The largest absolute Gasteiger partial charge is 0.448 e. The molecule has 1 N–H and O–H groups in total. The lowest BCUT2D eigenvalue weighted by atomic mass is 9.88. The van der Waals surface area contributed by atoms with Crippen molar-refractivity contribution >= 4 is 6.09 Å². The van der Waals surface area contributed by atoms with Gasteiger partial charge < -0.3 is 19.3 Å². The Morgan fingerprint density at radius 1 is 1.07 bits per heavy atom. The Balaban J connectivity index is 1.25. The zero-order valence-electron chi connectivity index (χ0n) is 16.8. The number of hydrogen-bond donors (Lipinski definition) is 1. The number of imidazole rings is 1. The molecule has 6 heteroatoms. The van der Waals surface area contributed by atoms with Crippen molar-refractivity contribution in [3.05, 3.63) is 78.4 Å². The van der Waals surface area contributed by atoms with Crippen LogP contribution in [-0.4, -0.2) is 52.0 Å². The molecule has 1 amide bonds. The molecular weight excluding hydrogens is 378 g/mol. The molecule has 3 aromatic rings. The van der Waals surface area contributed by atoms with Crippen LogP contribution in [0.3, 0.4) is 0 Å². The van der Waals surface area contributed by atoms with E-state index in [0.717, 1.165) is 0 Å². The van der Waals surface area contributed by atoms with E-state index in [1.54, 1.807) is 17.4 Å². The molecule has 5 rings (SSSR count). The minimum absolute atomic E-state index is 0.0297. The molecule has 1 aromatic heterocycles. The van der Waals surface area contributed by atoms with Crippen molar-refractivity contribution in [3.8, 4) is 11.1 Å². The average molecular weight is 403 g/mol. The fourth-order valence-corrected chi connectivity index (χ4v) is 4.83. The van der Waals surface area contributed by atoms with Crippen molar-refractivity contribution in [1.29, 1.82) is 0 Å². The minimum Gasteiger partial charge on any atom is -0.448 e. The molecule has 0 spiro atoms. The summed E-state index contributed by atoms with van der Waals surface area (Å²) in [4.78, 5) is 18.6. The molecule has 0 radical (unpaired) electrons. The molecule has 30 heavy (non-hydrogen) atoms. The summed E-state index contributed by atoms with van der Waals surface area (Å²) in [6, 6.07) is 16.7. The van der Waals surface area contributed by atoms with E-state index < -0.39 is 5.54 Å². The van der Waals surface area contributed by atoms with Crippen LogP contribution in [0.5, 0.6) is 0 Å². The number of aliphatic hydroxyl groups is 1. The van der Waals surface area contributed by atoms with Gasteiger partial charge in [-0.25, -0.2) is 9.78 Å². The Hall–Kier alpha value is -3.12. The molecule has 2 aromatic carbocycles. The smallest absolute Gasteiger partial charge is 0.409 e. The van der Waals surface area contributed by atoms with Crippen molar-refractivity contribution in [2.24, 2.45) is 0 Å². The fraction of sp³-hybridized carbons (Fsp3) is 0.333. The summed E-state index contributed by atoms with van der Waals surface area (Å²) in [7, 11) is 0. The summed E-state index contributed by atoms with van der Waals surface area (Å²) in [5.41, 5.74) is 4.48. The number of amides is 1. The first-order chi connectivity index (χ1) is 14.7. The Morgan fingerprint density at radius 3 is 2.27 bits per heavy atom. The number of rotatable bonds is 4. The highest BCUT2D eigenvalue weighted by molar-refractivity contribution is 5.79. The number of benzene rings is 2. The molecule has 2 heterocycles. The van der Waals surface area contributed by atoms with E-state index in [1.165, 1.54) is 22.3 Å². The average Bonchev–Trinajstić information content (AvgIpc) is 3.45. The van der Waals surface area contributed by atoms with Crippen molar-refractivity contribution in [3.63, 3.8) is 0 Å². The molecular formula is C24H25N3O3. The lowest BCUT2D eigenvalue weighted by Crippen LogP contribution is -2.49. The number of nitrogens with zero attached hydrogens (tertiary/aromatic N) is 3. The second-order valence-corrected chi connectivity index (χ2v) is 8.14. The summed E-state index contributed by atoms with van der Waals surface area (Å²) < 4.78 is 7.74. The number of carbonyl (C=O) groups excluding carboxylic acids is 1. The third-order valence-electron chi connectivity index (χ3n) is 6.63. The van der Waals surface area contributed by atoms with Crippen molar-refractivity contribution < 1.29 is 14.6 Å². The Morgan fingerprint density at radius 2 is 1.70 bits per heavy atom. The van der Waals surface area contributed by atoms with Crippen molar-refractivity contribution in [2.75, 3.05) is 26.3 Å². The zero-order chi connectivity index (χ0) is 20.6. The number of aliphatic hydroxyl groups excluding tert-OH is 1. The summed E-state index contributed by atoms with van der Waals surface area (Å²) in [6.07, 6.45) is 6.39. The number of likely N-dealkylation sites (tertiary alicyclic amines) is 1. The van der Waals surface area contributed by atoms with Gasteiger partial charge in [0.15, 0.2) is 0 Å². The molecule has 0 bridgehead atoms. The van der Waals surface area contributed by atoms with E-state index in [1.807, 2.05) is 35.0 Å². The van der Waals surface area contributed by atoms with Crippen LogP contribution >= 0.6 is 0 Å². The maximum Gasteiger partial charge on any atom is 0.409 e. The third-order valence-corrected chi connectivity index (χ3v) is 6.63. The number of fused-ring (bicyclic) bond motifs is 3. The van der Waals surface area contributed by atoms with Gasteiger partial charge in [0.25, 0.3) is 0 Å². The molecule has 0 unspecified atom stereocenters. The standard InChI is InChI=1S/C24H25N3O3/c28-16-24(27-14-11-25-17-27)9-12-26(13-10-24)23(29)30-15-22-20-7-3-1-5-18(20)19-6-2-4-8-21(19)22/h1-8,11,14,17,22,28H,9-10,12-13,15-16H2. The van der Waals surface area contributed by atoms with Crippen LogP contribution in [0, 0.1) is 0 Å². The molecule has 1 fully saturated rings. The van der Waals surface area contributed by atoms with Gasteiger partial charge in [-0.05, 0) is 35.1 Å². The number of piperidine rings is 1. The number of carbonyl (C=O) groups is 1. The number of ether oxygens (including phenoxy) is 1. The summed E-state index contributed by atoms with van der Waals surface area (Å²) in [6.45, 7) is 1.46. The highest BCUT2D eigenvalue weighted by atomic mass is 16.6. The van der Waals surface area contributed by atoms with Gasteiger partial charge in [0.1, 0.15) is 6.61 Å². The van der Waals surface area contributed by atoms with Crippen LogP contribution in [-0.2, 0) is 10.3 Å². The molecule has 154 valence electrons.